The third kappa shape index (κ3) is 5.59. The molecule has 1 saturated carbocycles. The predicted octanol–water partition coefficient (Wildman–Crippen LogP) is 2.96. The van der Waals surface area contributed by atoms with Gasteiger partial charge in [0.2, 0.25) is 0 Å². The fourth-order valence-corrected chi connectivity index (χ4v) is 3.60. The Morgan fingerprint density at radius 2 is 1.85 bits per heavy atom. The number of rotatable bonds is 8. The van der Waals surface area contributed by atoms with Gasteiger partial charge < -0.3 is 15.7 Å². The Kier molecular flexibility index (Phi) is 8.67. The zero-order valence-corrected chi connectivity index (χ0v) is 15.9. The molecule has 1 aromatic rings. The van der Waals surface area contributed by atoms with Gasteiger partial charge in [0, 0.05) is 5.92 Å². The minimum Gasteiger partial charge on any atom is -0.375 e. The van der Waals surface area contributed by atoms with Crippen LogP contribution in [0.5, 0.6) is 0 Å². The minimum absolute atomic E-state index is 0.0395. The van der Waals surface area contributed by atoms with Gasteiger partial charge in [-0.2, -0.15) is 0 Å². The van der Waals surface area contributed by atoms with E-state index in [1.54, 1.807) is 0 Å². The van der Waals surface area contributed by atoms with Crippen LogP contribution in [0.1, 0.15) is 57.4 Å². The molecule has 1 atom stereocenters. The first-order chi connectivity index (χ1) is 12.7. The summed E-state index contributed by atoms with van der Waals surface area (Å²) in [6.45, 7) is 4.01. The Morgan fingerprint density at radius 1 is 1.15 bits per heavy atom. The molecule has 0 spiro atoms. The second-order valence-corrected chi connectivity index (χ2v) is 7.03. The molecule has 4 nitrogen and oxygen atoms in total. The van der Waals surface area contributed by atoms with Gasteiger partial charge in [-0.15, -0.1) is 0 Å². The number of carbonyl (C=O) groups is 1. The summed E-state index contributed by atoms with van der Waals surface area (Å²) in [6, 6.07) is 9.34. The van der Waals surface area contributed by atoms with Crippen molar-refractivity contribution >= 4 is 5.91 Å². The molecule has 1 unspecified atom stereocenters. The third-order valence-electron chi connectivity index (χ3n) is 5.14. The van der Waals surface area contributed by atoms with Crippen molar-refractivity contribution in [2.45, 2.75) is 57.5 Å². The lowest BCUT2D eigenvalue weighted by Gasteiger charge is -2.37. The van der Waals surface area contributed by atoms with E-state index in [-0.39, 0.29) is 18.4 Å². The van der Waals surface area contributed by atoms with Gasteiger partial charge in [0.15, 0.2) is 5.60 Å². The van der Waals surface area contributed by atoms with Crippen LogP contribution in [0.3, 0.4) is 0 Å². The van der Waals surface area contributed by atoms with E-state index in [0.29, 0.717) is 12.1 Å². The summed E-state index contributed by atoms with van der Waals surface area (Å²) in [5, 5.41) is 17.5. The fourth-order valence-electron chi connectivity index (χ4n) is 3.60. The highest BCUT2D eigenvalue weighted by molar-refractivity contribution is 5.87. The lowest BCUT2D eigenvalue weighted by molar-refractivity contribution is -0.149. The van der Waals surface area contributed by atoms with E-state index >= 15 is 0 Å². The van der Waals surface area contributed by atoms with Crippen molar-refractivity contribution in [1.82, 2.24) is 10.6 Å². The number of hydrogen-bond acceptors (Lipinski definition) is 3. The Hall–Kier alpha value is -1.83. The first-order valence-electron chi connectivity index (χ1n) is 9.92. The Labute approximate surface area is 157 Å². The molecular weight excluding hydrogens is 324 g/mol. The summed E-state index contributed by atoms with van der Waals surface area (Å²) in [4.78, 5) is 12.9. The molecule has 26 heavy (non-hydrogen) atoms. The monoisotopic (exact) mass is 356 g/mol. The van der Waals surface area contributed by atoms with E-state index < -0.39 is 5.60 Å². The molecule has 1 fully saturated rings. The molecule has 3 N–H and O–H groups in total. The normalized spacial score (nSPS) is 17.0. The summed E-state index contributed by atoms with van der Waals surface area (Å²) >= 11 is 0. The van der Waals surface area contributed by atoms with E-state index in [1.165, 1.54) is 6.42 Å². The Morgan fingerprint density at radius 3 is 2.54 bits per heavy atom. The Bertz CT molecular complexity index is 600. The molecule has 0 aliphatic heterocycles. The largest absolute Gasteiger partial charge is 0.375 e. The smallest absolute Gasteiger partial charge is 0.257 e. The van der Waals surface area contributed by atoms with Gasteiger partial charge in [-0.25, -0.2) is 0 Å². The first kappa shape index (κ1) is 20.5. The average molecular weight is 357 g/mol. The van der Waals surface area contributed by atoms with E-state index in [1.807, 2.05) is 30.3 Å². The van der Waals surface area contributed by atoms with Crippen LogP contribution < -0.4 is 10.6 Å². The molecule has 2 rings (SSSR count). The first-order valence-corrected chi connectivity index (χ1v) is 9.92. The molecule has 1 amide bonds. The van der Waals surface area contributed by atoms with Crippen LogP contribution in [0.4, 0.5) is 0 Å². The maximum absolute atomic E-state index is 12.9. The quantitative estimate of drug-likeness (QED) is 0.496. The molecule has 0 bridgehead atoms. The van der Waals surface area contributed by atoms with E-state index in [2.05, 4.69) is 29.4 Å². The Balaban J connectivity index is 1.97. The number of benzene rings is 1. The summed E-state index contributed by atoms with van der Waals surface area (Å²) < 4.78 is 0. The van der Waals surface area contributed by atoms with Crippen LogP contribution in [0.2, 0.25) is 0 Å². The molecule has 1 aliphatic carbocycles. The van der Waals surface area contributed by atoms with Crippen molar-refractivity contribution in [2.24, 2.45) is 5.92 Å². The van der Waals surface area contributed by atoms with Gasteiger partial charge in [-0.3, -0.25) is 4.79 Å². The van der Waals surface area contributed by atoms with Crippen molar-refractivity contribution in [3.05, 3.63) is 35.9 Å². The highest BCUT2D eigenvalue weighted by Crippen LogP contribution is 2.39. The highest BCUT2D eigenvalue weighted by Gasteiger charge is 2.45. The van der Waals surface area contributed by atoms with Gasteiger partial charge in [0.25, 0.3) is 5.91 Å². The van der Waals surface area contributed by atoms with Gasteiger partial charge in [0.1, 0.15) is 0 Å². The molecule has 0 saturated heterocycles. The lowest BCUT2D eigenvalue weighted by Crippen LogP contribution is -2.50. The van der Waals surface area contributed by atoms with Crippen LogP contribution in [0, 0.1) is 17.8 Å². The van der Waals surface area contributed by atoms with Crippen LogP contribution in [-0.4, -0.2) is 30.6 Å². The maximum atomic E-state index is 12.9. The van der Waals surface area contributed by atoms with Gasteiger partial charge >= 0.3 is 0 Å². The van der Waals surface area contributed by atoms with E-state index in [9.17, 15) is 9.90 Å². The molecule has 142 valence electrons. The van der Waals surface area contributed by atoms with Gasteiger partial charge in [-0.1, -0.05) is 74.8 Å². The molecule has 1 aromatic carbocycles. The molecule has 0 aromatic heterocycles. The molecule has 1 aliphatic rings. The molecule has 0 radical (unpaired) electrons. The summed E-state index contributed by atoms with van der Waals surface area (Å²) in [5.74, 6) is 5.61. The number of aliphatic hydroxyl groups is 1. The van der Waals surface area contributed by atoms with Crippen LogP contribution in [0.25, 0.3) is 0 Å². The number of amides is 1. The van der Waals surface area contributed by atoms with E-state index in [0.717, 1.165) is 45.1 Å². The highest BCUT2D eigenvalue weighted by atomic mass is 16.3. The van der Waals surface area contributed by atoms with Gasteiger partial charge in [0.05, 0.1) is 13.1 Å². The molecule has 0 heterocycles. The molecular formula is C22H32N2O2. The number of hydrogen-bond donors (Lipinski definition) is 3. The van der Waals surface area contributed by atoms with E-state index in [4.69, 9.17) is 0 Å². The number of nitrogens with one attached hydrogen (secondary N) is 2. The standard InChI is InChI=1S/C22H32N2O2/c1-2-3-16-23-17-10-11-18-24-21(25)22(26,19-12-6-4-7-13-19)20-14-8-5-9-15-20/h4,6-7,12-13,20,23,26H,2-3,5,8-9,14-18H2,1H3,(H,24,25). The maximum Gasteiger partial charge on any atom is 0.257 e. The minimum atomic E-state index is -1.47. The van der Waals surface area contributed by atoms with Crippen molar-refractivity contribution in [2.75, 3.05) is 19.6 Å². The average Bonchev–Trinajstić information content (AvgIpc) is 2.70. The summed E-state index contributed by atoms with van der Waals surface area (Å²) in [5.41, 5.74) is -0.790. The SMILES string of the molecule is CCCCNCC#CCNC(=O)C(O)(c1ccccc1)C1CCCCC1. The van der Waals surface area contributed by atoms with Crippen molar-refractivity contribution in [1.29, 1.82) is 0 Å². The summed E-state index contributed by atoms with van der Waals surface area (Å²) in [7, 11) is 0. The van der Waals surface area contributed by atoms with Crippen LogP contribution >= 0.6 is 0 Å². The number of carbonyl (C=O) groups excluding carboxylic acids is 1. The zero-order chi connectivity index (χ0) is 18.7. The summed E-state index contributed by atoms with van der Waals surface area (Å²) in [6.07, 6.45) is 7.38. The molecule has 4 heteroatoms. The van der Waals surface area contributed by atoms with Gasteiger partial charge in [-0.05, 0) is 31.4 Å². The lowest BCUT2D eigenvalue weighted by atomic mass is 9.73. The van der Waals surface area contributed by atoms with Crippen LogP contribution in [0.15, 0.2) is 30.3 Å². The van der Waals surface area contributed by atoms with Crippen LogP contribution in [-0.2, 0) is 10.4 Å². The fraction of sp³-hybridized carbons (Fsp3) is 0.591. The van der Waals surface area contributed by atoms with Crippen molar-refractivity contribution in [3.63, 3.8) is 0 Å². The number of unbranched alkanes of at least 4 members (excludes halogenated alkanes) is 1. The third-order valence-corrected chi connectivity index (χ3v) is 5.14. The predicted molar refractivity (Wildman–Crippen MR) is 105 cm³/mol. The van der Waals surface area contributed by atoms with Crippen molar-refractivity contribution < 1.29 is 9.90 Å². The topological polar surface area (TPSA) is 61.4 Å². The van der Waals surface area contributed by atoms with Crippen molar-refractivity contribution in [3.8, 4) is 11.8 Å². The second-order valence-electron chi connectivity index (χ2n) is 7.03. The second kappa shape index (κ2) is 11.0. The zero-order valence-electron chi connectivity index (χ0n) is 15.9.